The monoisotopic (exact) mass is 1300 g/mol. The van der Waals surface area contributed by atoms with Crippen molar-refractivity contribution in [3.63, 3.8) is 0 Å². The molecule has 9 heteroatoms. The fourth-order valence-electron chi connectivity index (χ4n) is 16.6. The maximum absolute atomic E-state index is 11.6. The van der Waals surface area contributed by atoms with E-state index in [0.717, 1.165) is 165 Å². The molecule has 0 amide bonds. The van der Waals surface area contributed by atoms with Crippen molar-refractivity contribution in [1.29, 1.82) is 10.5 Å². The molecule has 22 rings (SSSR count). The second-order valence-corrected chi connectivity index (χ2v) is 27.4. The predicted octanol–water partition coefficient (Wildman–Crippen LogP) is 25.5. The molecular weight excluding hydrogens is 1260 g/mol. The number of nitriles is 2. The molecule has 0 atom stereocenters. The number of benzene rings is 15. The molecule has 0 aliphatic heterocycles. The second kappa shape index (κ2) is 20.9. The third-order valence-electron chi connectivity index (χ3n) is 21.1. The fourth-order valence-corrected chi connectivity index (χ4v) is 17.8. The molecule has 7 heterocycles. The Kier molecular flexibility index (Phi) is 11.5. The Balaban J connectivity index is 0.644. The van der Waals surface area contributed by atoms with Crippen molar-refractivity contribution in [2.45, 2.75) is 0 Å². The van der Waals surface area contributed by atoms with Crippen molar-refractivity contribution in [1.82, 2.24) is 13.7 Å². The van der Waals surface area contributed by atoms with Crippen LogP contribution in [0.15, 0.2) is 311 Å². The Hall–Kier alpha value is -13.7. The molecule has 0 saturated heterocycles. The smallest absolute Gasteiger partial charge is 0.160 e. The summed E-state index contributed by atoms with van der Waals surface area (Å²) in [4.78, 5) is 0. The Labute approximate surface area is 578 Å². The standard InChI is InChI=1S/C92H49N5O3S/c93-50-58-48-80(59(51-94)47-79(58)96-77-26-8-2-18-62(77)67-41-43-69-64-20-5-11-29-82(64)99-90(69)87(67)96)97-78-27-9-3-22-72(78)85-74(49-75-65-21-6-12-30-83(65)100-91(75)88(85)97)71-24-14-23-70-73-46-57(37-44-84(73)101-92(70)71)53-33-31-52(32-34-53)55-15-13-16-56(45-55)54-35-38-60(39-36-54)95-76-25-7-1-17-61(76)66-40-42-68-63-19-4-10-28-81(63)98-89(68)86(66)95/h1-49H. The lowest BCUT2D eigenvalue weighted by Crippen LogP contribution is -2.04. The maximum Gasteiger partial charge on any atom is 0.160 e. The van der Waals surface area contributed by atoms with Gasteiger partial charge < -0.3 is 27.0 Å². The van der Waals surface area contributed by atoms with E-state index < -0.39 is 0 Å². The van der Waals surface area contributed by atoms with Gasteiger partial charge in [-0.15, -0.1) is 11.3 Å². The molecular formula is C92H49N5O3S. The number of hydrogen-bond acceptors (Lipinski definition) is 6. The molecule has 466 valence electrons. The summed E-state index contributed by atoms with van der Waals surface area (Å²) in [5, 5.41) is 37.9. The predicted molar refractivity (Wildman–Crippen MR) is 415 cm³/mol. The molecule has 8 nitrogen and oxygen atoms in total. The normalized spacial score (nSPS) is 12.1. The van der Waals surface area contributed by atoms with Crippen LogP contribution < -0.4 is 0 Å². The number of fused-ring (bicyclic) bond motifs is 24. The minimum Gasteiger partial charge on any atom is -0.454 e. The van der Waals surface area contributed by atoms with Gasteiger partial charge in [0.1, 0.15) is 28.9 Å². The molecule has 0 unspecified atom stereocenters. The SMILES string of the molecule is N#Cc1cc(-n2c3ccccc3c3c(-c4cccc5c4sc4ccc(-c6ccc(-c7cccc(-c8ccc(-n9c%10ccccc%10c%10ccc%11c%12ccccc%12oc%11c%109)cc8)c7)cc6)cc45)cc4c5ccccc5oc4c32)c(C#N)cc1-n1c2ccccc2c2ccc3c4ccccc4oc3c21. The van der Waals surface area contributed by atoms with E-state index in [-0.39, 0.29) is 0 Å². The van der Waals surface area contributed by atoms with E-state index in [1.807, 2.05) is 66.7 Å². The van der Waals surface area contributed by atoms with Gasteiger partial charge in [-0.25, -0.2) is 0 Å². The highest BCUT2D eigenvalue weighted by Crippen LogP contribution is 2.51. The van der Waals surface area contributed by atoms with Crippen molar-refractivity contribution in [3.8, 4) is 73.7 Å². The summed E-state index contributed by atoms with van der Waals surface area (Å²) < 4.78 is 29.4. The number of furan rings is 3. The zero-order valence-electron chi connectivity index (χ0n) is 53.7. The summed E-state index contributed by atoms with van der Waals surface area (Å²) in [6, 6.07) is 110. The number of rotatable bonds is 7. The van der Waals surface area contributed by atoms with E-state index in [9.17, 15) is 10.5 Å². The Bertz CT molecular complexity index is 7480. The van der Waals surface area contributed by atoms with Crippen LogP contribution >= 0.6 is 11.3 Å². The molecule has 0 aliphatic carbocycles. The fraction of sp³-hybridized carbons (Fsp3) is 0. The Morgan fingerprint density at radius 2 is 0.703 bits per heavy atom. The van der Waals surface area contributed by atoms with Crippen LogP contribution in [0.25, 0.3) is 213 Å². The van der Waals surface area contributed by atoms with Crippen LogP contribution in [0.5, 0.6) is 0 Å². The van der Waals surface area contributed by atoms with Crippen LogP contribution in [-0.2, 0) is 0 Å². The highest BCUT2D eigenvalue weighted by Gasteiger charge is 2.29. The Morgan fingerprint density at radius 1 is 0.277 bits per heavy atom. The number of nitrogens with zero attached hydrogens (tertiary/aromatic N) is 5. The summed E-state index contributed by atoms with van der Waals surface area (Å²) >= 11 is 1.81. The van der Waals surface area contributed by atoms with Gasteiger partial charge in [-0.2, -0.15) is 10.5 Å². The molecule has 0 fully saturated rings. The first-order valence-electron chi connectivity index (χ1n) is 33.8. The van der Waals surface area contributed by atoms with Gasteiger partial charge in [-0.05, 0) is 136 Å². The molecule has 0 aliphatic rings. The molecule has 7 aromatic heterocycles. The third kappa shape index (κ3) is 7.86. The quantitative estimate of drug-likeness (QED) is 0.158. The van der Waals surface area contributed by atoms with Gasteiger partial charge >= 0.3 is 0 Å². The molecule has 0 saturated carbocycles. The molecule has 0 radical (unpaired) electrons. The van der Waals surface area contributed by atoms with Crippen LogP contribution in [0.3, 0.4) is 0 Å². The molecule has 0 N–H and O–H groups in total. The van der Waals surface area contributed by atoms with E-state index in [4.69, 9.17) is 13.3 Å². The summed E-state index contributed by atoms with van der Waals surface area (Å²) in [5.74, 6) is 0. The summed E-state index contributed by atoms with van der Waals surface area (Å²) in [6.45, 7) is 0. The zero-order chi connectivity index (χ0) is 66.3. The minimum atomic E-state index is 0.395. The van der Waals surface area contributed by atoms with Gasteiger partial charge in [0.2, 0.25) is 0 Å². The van der Waals surface area contributed by atoms with Gasteiger partial charge in [0.15, 0.2) is 16.7 Å². The van der Waals surface area contributed by atoms with Gasteiger partial charge in [-0.3, -0.25) is 0 Å². The van der Waals surface area contributed by atoms with Crippen LogP contribution in [0.2, 0.25) is 0 Å². The van der Waals surface area contributed by atoms with E-state index >= 15 is 0 Å². The van der Waals surface area contributed by atoms with Crippen LogP contribution in [-0.4, -0.2) is 13.7 Å². The number of para-hydroxylation sites is 6. The number of hydrogen-bond donors (Lipinski definition) is 0. The highest BCUT2D eigenvalue weighted by atomic mass is 32.1. The first-order valence-corrected chi connectivity index (χ1v) is 34.6. The van der Waals surface area contributed by atoms with Gasteiger partial charge in [-0.1, -0.05) is 200 Å². The largest absolute Gasteiger partial charge is 0.454 e. The topological polar surface area (TPSA) is 102 Å². The first-order chi connectivity index (χ1) is 50.0. The van der Waals surface area contributed by atoms with Crippen molar-refractivity contribution in [2.24, 2.45) is 0 Å². The lowest BCUT2D eigenvalue weighted by Gasteiger charge is -2.16. The van der Waals surface area contributed by atoms with Crippen LogP contribution in [0.1, 0.15) is 11.1 Å². The van der Waals surface area contributed by atoms with Crippen LogP contribution in [0, 0.1) is 22.7 Å². The van der Waals surface area contributed by atoms with Crippen molar-refractivity contribution in [2.75, 3.05) is 0 Å². The zero-order valence-corrected chi connectivity index (χ0v) is 54.5. The van der Waals surface area contributed by atoms with E-state index in [1.165, 1.54) is 30.9 Å². The average molecular weight is 1300 g/mol. The molecule has 0 bridgehead atoms. The first kappa shape index (κ1) is 55.4. The van der Waals surface area contributed by atoms with Crippen molar-refractivity contribution in [3.05, 3.63) is 308 Å². The molecule has 15 aromatic carbocycles. The van der Waals surface area contributed by atoms with Gasteiger partial charge in [0.25, 0.3) is 0 Å². The second-order valence-electron chi connectivity index (χ2n) is 26.4. The highest BCUT2D eigenvalue weighted by molar-refractivity contribution is 7.26. The van der Waals surface area contributed by atoms with Gasteiger partial charge in [0, 0.05) is 96.1 Å². The minimum absolute atomic E-state index is 0.395. The lowest BCUT2D eigenvalue weighted by atomic mass is 9.95. The maximum atomic E-state index is 11.6. The number of thiophene rings is 1. The van der Waals surface area contributed by atoms with E-state index in [1.54, 1.807) is 11.3 Å². The molecule has 101 heavy (non-hydrogen) atoms. The average Bonchev–Trinajstić information content (AvgIpc) is 1.55. The lowest BCUT2D eigenvalue weighted by molar-refractivity contribution is 0.670. The van der Waals surface area contributed by atoms with Crippen molar-refractivity contribution < 1.29 is 13.3 Å². The van der Waals surface area contributed by atoms with Crippen LogP contribution in [0.4, 0.5) is 0 Å². The van der Waals surface area contributed by atoms with E-state index in [0.29, 0.717) is 28.1 Å². The third-order valence-corrected chi connectivity index (χ3v) is 22.4. The Morgan fingerprint density at radius 3 is 1.28 bits per heavy atom. The molecule has 22 aromatic rings. The molecule has 0 spiro atoms. The van der Waals surface area contributed by atoms with Crippen molar-refractivity contribution >= 4 is 163 Å². The summed E-state index contributed by atoms with van der Waals surface area (Å²) in [5.41, 5.74) is 22.4. The van der Waals surface area contributed by atoms with Gasteiger partial charge in [0.05, 0.1) is 55.6 Å². The number of aromatic nitrogens is 3. The summed E-state index contributed by atoms with van der Waals surface area (Å²) in [7, 11) is 0. The summed E-state index contributed by atoms with van der Waals surface area (Å²) in [6.07, 6.45) is 0. The van der Waals surface area contributed by atoms with E-state index in [2.05, 4.69) is 256 Å².